The molecule has 0 aliphatic heterocycles. The van der Waals surface area contributed by atoms with Crippen molar-refractivity contribution in [2.45, 2.75) is 0 Å². The Kier molecular flexibility index (Phi) is 4.94. The molecule has 0 heterocycles. The van der Waals surface area contributed by atoms with Gasteiger partial charge in [-0.15, -0.1) is 0 Å². The molecule has 0 bridgehead atoms. The first-order valence-electron chi connectivity index (χ1n) is 6.54. The largest absolute Gasteiger partial charge is 0.508 e. The molecule has 0 radical (unpaired) electrons. The molecule has 0 unspecified atom stereocenters. The second-order valence-corrected chi connectivity index (χ2v) is 4.42. The van der Waals surface area contributed by atoms with E-state index in [-0.39, 0.29) is 11.5 Å². The number of allylic oxidation sites excluding steroid dienone is 1. The van der Waals surface area contributed by atoms with Crippen molar-refractivity contribution < 1.29 is 14.6 Å². The van der Waals surface area contributed by atoms with Gasteiger partial charge in [-0.25, -0.2) is 0 Å². The van der Waals surface area contributed by atoms with Crippen LogP contribution in [0.5, 0.6) is 11.5 Å². The maximum atomic E-state index is 11.9. The number of aromatic hydroxyl groups is 1. The molecule has 0 atom stereocenters. The zero-order chi connectivity index (χ0) is 15.1. The highest BCUT2D eigenvalue weighted by molar-refractivity contribution is 6.07. The van der Waals surface area contributed by atoms with Crippen molar-refractivity contribution in [1.82, 2.24) is 0 Å². The maximum absolute atomic E-state index is 11.9. The summed E-state index contributed by atoms with van der Waals surface area (Å²) in [5.41, 5.74) is 1.35. The Morgan fingerprint density at radius 1 is 1.19 bits per heavy atom. The first kappa shape index (κ1) is 14.6. The third-order valence-electron chi connectivity index (χ3n) is 2.81. The Bertz CT molecular complexity index is 654. The lowest BCUT2D eigenvalue weighted by Gasteiger charge is -2.02. The highest BCUT2D eigenvalue weighted by atomic mass is 16.5. The number of hydrogen-bond acceptors (Lipinski definition) is 3. The van der Waals surface area contributed by atoms with E-state index in [1.165, 1.54) is 18.2 Å². The Morgan fingerprint density at radius 2 is 1.95 bits per heavy atom. The van der Waals surface area contributed by atoms with Crippen molar-refractivity contribution in [3.8, 4) is 11.5 Å². The summed E-state index contributed by atoms with van der Waals surface area (Å²) in [6.07, 6.45) is 4.89. The summed E-state index contributed by atoms with van der Waals surface area (Å²) in [6, 6.07) is 13.7. The molecule has 0 aliphatic carbocycles. The van der Waals surface area contributed by atoms with Gasteiger partial charge in [0.15, 0.2) is 5.78 Å². The van der Waals surface area contributed by atoms with Crippen molar-refractivity contribution in [3.63, 3.8) is 0 Å². The molecule has 21 heavy (non-hydrogen) atoms. The third-order valence-corrected chi connectivity index (χ3v) is 2.81. The molecule has 0 saturated carbocycles. The maximum Gasteiger partial charge on any atom is 0.185 e. The zero-order valence-electron chi connectivity index (χ0n) is 11.5. The molecule has 0 amide bonds. The quantitative estimate of drug-likeness (QED) is 0.496. The SMILES string of the molecule is C=CCOc1ccc(C=CC(=O)c2cccc(O)c2)cc1. The van der Waals surface area contributed by atoms with Crippen LogP contribution < -0.4 is 4.74 Å². The molecule has 2 aromatic carbocycles. The fourth-order valence-corrected chi connectivity index (χ4v) is 1.76. The van der Waals surface area contributed by atoms with Crippen LogP contribution in [-0.2, 0) is 0 Å². The van der Waals surface area contributed by atoms with Crippen molar-refractivity contribution in [3.05, 3.63) is 78.4 Å². The summed E-state index contributed by atoms with van der Waals surface area (Å²) in [5.74, 6) is 0.683. The number of hydrogen-bond donors (Lipinski definition) is 1. The molecule has 3 nitrogen and oxygen atoms in total. The van der Waals surface area contributed by atoms with Gasteiger partial charge in [-0.3, -0.25) is 4.79 Å². The fourth-order valence-electron chi connectivity index (χ4n) is 1.76. The lowest BCUT2D eigenvalue weighted by Crippen LogP contribution is -1.93. The molecular formula is C18H16O3. The van der Waals surface area contributed by atoms with E-state index in [2.05, 4.69) is 6.58 Å². The van der Waals surface area contributed by atoms with E-state index in [1.54, 1.807) is 24.3 Å². The first-order chi connectivity index (χ1) is 10.2. The minimum Gasteiger partial charge on any atom is -0.508 e. The topological polar surface area (TPSA) is 46.5 Å². The normalized spacial score (nSPS) is 10.5. The summed E-state index contributed by atoms with van der Waals surface area (Å²) < 4.78 is 5.38. The number of ketones is 1. The van der Waals surface area contributed by atoms with Gasteiger partial charge in [-0.05, 0) is 35.9 Å². The Hall–Kier alpha value is -2.81. The Balaban J connectivity index is 2.03. The van der Waals surface area contributed by atoms with Crippen LogP contribution in [0, 0.1) is 0 Å². The lowest BCUT2D eigenvalue weighted by atomic mass is 10.1. The van der Waals surface area contributed by atoms with E-state index in [4.69, 9.17) is 4.74 Å². The van der Waals surface area contributed by atoms with Gasteiger partial charge in [-0.1, -0.05) is 43.0 Å². The van der Waals surface area contributed by atoms with E-state index in [1.807, 2.05) is 24.3 Å². The number of phenolic OH excluding ortho intramolecular Hbond substituents is 1. The molecule has 2 aromatic rings. The third kappa shape index (κ3) is 4.35. The van der Waals surface area contributed by atoms with Gasteiger partial charge in [0.1, 0.15) is 18.1 Å². The van der Waals surface area contributed by atoms with E-state index in [9.17, 15) is 9.90 Å². The second kappa shape index (κ2) is 7.10. The van der Waals surface area contributed by atoms with Crippen molar-refractivity contribution >= 4 is 11.9 Å². The lowest BCUT2D eigenvalue weighted by molar-refractivity contribution is 0.104. The van der Waals surface area contributed by atoms with Gasteiger partial charge >= 0.3 is 0 Å². The predicted octanol–water partition coefficient (Wildman–Crippen LogP) is 3.85. The van der Waals surface area contributed by atoms with Gasteiger partial charge in [0.25, 0.3) is 0 Å². The first-order valence-corrected chi connectivity index (χ1v) is 6.54. The number of benzene rings is 2. The number of phenols is 1. The van der Waals surface area contributed by atoms with E-state index in [0.29, 0.717) is 12.2 Å². The average molecular weight is 280 g/mol. The van der Waals surface area contributed by atoms with E-state index in [0.717, 1.165) is 11.3 Å². The van der Waals surface area contributed by atoms with E-state index >= 15 is 0 Å². The summed E-state index contributed by atoms with van der Waals surface area (Å²) in [4.78, 5) is 11.9. The van der Waals surface area contributed by atoms with Crippen LogP contribution in [-0.4, -0.2) is 17.5 Å². The van der Waals surface area contributed by atoms with Crippen LogP contribution in [0.15, 0.2) is 67.3 Å². The molecule has 0 aromatic heterocycles. The summed E-state index contributed by atoms with van der Waals surface area (Å²) >= 11 is 0. The van der Waals surface area contributed by atoms with Crippen LogP contribution in [0.4, 0.5) is 0 Å². The number of rotatable bonds is 6. The molecule has 2 rings (SSSR count). The average Bonchev–Trinajstić information content (AvgIpc) is 2.51. The van der Waals surface area contributed by atoms with Crippen molar-refractivity contribution in [2.75, 3.05) is 6.61 Å². The van der Waals surface area contributed by atoms with Crippen LogP contribution in [0.3, 0.4) is 0 Å². The van der Waals surface area contributed by atoms with Crippen molar-refractivity contribution in [1.29, 1.82) is 0 Å². The highest BCUT2D eigenvalue weighted by Gasteiger charge is 2.02. The Labute approximate surface area is 123 Å². The van der Waals surface area contributed by atoms with Crippen LogP contribution in [0.25, 0.3) is 6.08 Å². The van der Waals surface area contributed by atoms with Crippen LogP contribution >= 0.6 is 0 Å². The number of carbonyl (C=O) groups is 1. The van der Waals surface area contributed by atoms with Gasteiger partial charge in [0.05, 0.1) is 0 Å². The monoisotopic (exact) mass is 280 g/mol. The summed E-state index contributed by atoms with van der Waals surface area (Å²) in [5, 5.41) is 9.35. The molecule has 106 valence electrons. The molecule has 1 N–H and O–H groups in total. The predicted molar refractivity (Wildman–Crippen MR) is 83.6 cm³/mol. The van der Waals surface area contributed by atoms with Gasteiger partial charge in [-0.2, -0.15) is 0 Å². The Morgan fingerprint density at radius 3 is 2.62 bits per heavy atom. The van der Waals surface area contributed by atoms with Gasteiger partial charge in [0, 0.05) is 5.56 Å². The summed E-state index contributed by atoms with van der Waals surface area (Å²) in [7, 11) is 0. The summed E-state index contributed by atoms with van der Waals surface area (Å²) in [6.45, 7) is 4.05. The fraction of sp³-hybridized carbons (Fsp3) is 0.0556. The van der Waals surface area contributed by atoms with E-state index < -0.39 is 0 Å². The van der Waals surface area contributed by atoms with Crippen LogP contribution in [0.1, 0.15) is 15.9 Å². The highest BCUT2D eigenvalue weighted by Crippen LogP contribution is 2.15. The van der Waals surface area contributed by atoms with Crippen molar-refractivity contribution in [2.24, 2.45) is 0 Å². The smallest absolute Gasteiger partial charge is 0.185 e. The van der Waals surface area contributed by atoms with Crippen LogP contribution in [0.2, 0.25) is 0 Å². The molecule has 3 heteroatoms. The molecule has 0 fully saturated rings. The molecule has 0 spiro atoms. The molecule has 0 saturated heterocycles. The number of ether oxygens (including phenoxy) is 1. The zero-order valence-corrected chi connectivity index (χ0v) is 11.5. The minimum atomic E-state index is -0.155. The standard InChI is InChI=1S/C18H16O3/c1-2-12-21-17-9-6-14(7-10-17)8-11-18(20)15-4-3-5-16(19)13-15/h2-11,13,19H,1,12H2. The minimum absolute atomic E-state index is 0.0815. The molecule has 0 aliphatic rings. The second-order valence-electron chi connectivity index (χ2n) is 4.42. The van der Waals surface area contributed by atoms with Gasteiger partial charge in [0.2, 0.25) is 0 Å². The van der Waals surface area contributed by atoms with Gasteiger partial charge < -0.3 is 9.84 Å². The number of carbonyl (C=O) groups excluding carboxylic acids is 1. The molecular weight excluding hydrogens is 264 g/mol.